The Balaban J connectivity index is 2.93. The molecule has 0 spiro atoms. The molecule has 3 heteroatoms. The Kier molecular flexibility index (Phi) is 4.82. The van der Waals surface area contributed by atoms with E-state index in [1.807, 2.05) is 13.8 Å². The molecule has 17 heavy (non-hydrogen) atoms. The van der Waals surface area contributed by atoms with E-state index in [0.29, 0.717) is 5.92 Å². The smallest absolute Gasteiger partial charge is 0.124 e. The van der Waals surface area contributed by atoms with E-state index in [-0.39, 0.29) is 12.6 Å². The number of rotatable bonds is 5. The summed E-state index contributed by atoms with van der Waals surface area (Å²) < 4.78 is 5.33. The van der Waals surface area contributed by atoms with Gasteiger partial charge in [0.2, 0.25) is 0 Å². The van der Waals surface area contributed by atoms with Gasteiger partial charge >= 0.3 is 0 Å². The van der Waals surface area contributed by atoms with Crippen LogP contribution in [-0.2, 0) is 0 Å². The molecule has 0 aromatic heterocycles. The lowest BCUT2D eigenvalue weighted by Gasteiger charge is -2.22. The van der Waals surface area contributed by atoms with Crippen molar-refractivity contribution < 1.29 is 9.84 Å². The fraction of sp³-hybridized carbons (Fsp3) is 0.571. The molecule has 1 aromatic carbocycles. The maximum absolute atomic E-state index is 9.31. The molecule has 1 atom stereocenters. The van der Waals surface area contributed by atoms with Crippen molar-refractivity contribution in [2.75, 3.05) is 19.0 Å². The molecule has 0 fully saturated rings. The quantitative estimate of drug-likeness (QED) is 0.827. The van der Waals surface area contributed by atoms with E-state index >= 15 is 0 Å². The van der Waals surface area contributed by atoms with E-state index in [4.69, 9.17) is 4.74 Å². The third-order valence-corrected chi connectivity index (χ3v) is 3.02. The van der Waals surface area contributed by atoms with Crippen molar-refractivity contribution in [1.82, 2.24) is 0 Å². The van der Waals surface area contributed by atoms with Crippen LogP contribution in [0.1, 0.15) is 25.0 Å². The van der Waals surface area contributed by atoms with Gasteiger partial charge in [-0.3, -0.25) is 0 Å². The van der Waals surface area contributed by atoms with Crippen LogP contribution in [0, 0.1) is 19.8 Å². The maximum atomic E-state index is 9.31. The predicted molar refractivity (Wildman–Crippen MR) is 71.8 cm³/mol. The summed E-state index contributed by atoms with van der Waals surface area (Å²) in [5.74, 6) is 1.32. The zero-order chi connectivity index (χ0) is 13.0. The number of methoxy groups -OCH3 is 1. The number of ether oxygens (including phenoxy) is 1. The molecular formula is C14H23NO2. The van der Waals surface area contributed by atoms with Crippen molar-refractivity contribution in [2.24, 2.45) is 5.92 Å². The van der Waals surface area contributed by atoms with E-state index in [9.17, 15) is 5.11 Å². The molecule has 0 saturated heterocycles. The summed E-state index contributed by atoms with van der Waals surface area (Å²) in [6.45, 7) is 8.39. The van der Waals surface area contributed by atoms with Gasteiger partial charge in [0.05, 0.1) is 19.8 Å². The number of hydrogen-bond acceptors (Lipinski definition) is 3. The predicted octanol–water partition coefficient (Wildman–Crippen LogP) is 2.74. The van der Waals surface area contributed by atoms with Gasteiger partial charge in [-0.2, -0.15) is 0 Å². The molecule has 0 aliphatic heterocycles. The number of aliphatic hydroxyl groups excluding tert-OH is 1. The second-order valence-electron chi connectivity index (χ2n) is 4.82. The Morgan fingerprint density at radius 3 is 2.12 bits per heavy atom. The first-order valence-corrected chi connectivity index (χ1v) is 6.02. The van der Waals surface area contributed by atoms with Crippen LogP contribution in [0.2, 0.25) is 0 Å². The fourth-order valence-corrected chi connectivity index (χ4v) is 1.99. The lowest BCUT2D eigenvalue weighted by atomic mass is 10.0. The minimum absolute atomic E-state index is 0.0854. The molecule has 0 amide bonds. The van der Waals surface area contributed by atoms with Crippen molar-refractivity contribution in [3.05, 3.63) is 23.3 Å². The van der Waals surface area contributed by atoms with Gasteiger partial charge in [0.15, 0.2) is 0 Å². The minimum atomic E-state index is 0.0854. The minimum Gasteiger partial charge on any atom is -0.496 e. The van der Waals surface area contributed by atoms with Crippen molar-refractivity contribution >= 4 is 5.69 Å². The highest BCUT2D eigenvalue weighted by Gasteiger charge is 2.13. The maximum Gasteiger partial charge on any atom is 0.124 e. The average Bonchev–Trinajstić information content (AvgIpc) is 2.25. The molecule has 0 aliphatic rings. The van der Waals surface area contributed by atoms with E-state index in [1.54, 1.807) is 7.11 Å². The average molecular weight is 237 g/mol. The van der Waals surface area contributed by atoms with Crippen molar-refractivity contribution in [3.63, 3.8) is 0 Å². The Morgan fingerprint density at radius 2 is 1.76 bits per heavy atom. The SMILES string of the molecule is COc1c(C)cc(NC(CO)C(C)C)cc1C. The number of anilines is 1. The Labute approximate surface area is 104 Å². The highest BCUT2D eigenvalue weighted by molar-refractivity contribution is 5.55. The van der Waals surface area contributed by atoms with Crippen LogP contribution in [0.15, 0.2) is 12.1 Å². The second-order valence-corrected chi connectivity index (χ2v) is 4.82. The summed E-state index contributed by atoms with van der Waals surface area (Å²) in [6.07, 6.45) is 0. The molecular weight excluding hydrogens is 214 g/mol. The van der Waals surface area contributed by atoms with Gasteiger partial charge in [0.1, 0.15) is 5.75 Å². The van der Waals surface area contributed by atoms with Crippen LogP contribution in [0.25, 0.3) is 0 Å². The first-order valence-electron chi connectivity index (χ1n) is 6.02. The number of nitrogens with one attached hydrogen (secondary N) is 1. The number of benzene rings is 1. The monoisotopic (exact) mass is 237 g/mol. The standard InChI is InChI=1S/C14H23NO2/c1-9(2)13(8-16)15-12-6-10(3)14(17-5)11(4)7-12/h6-7,9,13,15-16H,8H2,1-5H3. The summed E-state index contributed by atoms with van der Waals surface area (Å²) in [4.78, 5) is 0. The summed E-state index contributed by atoms with van der Waals surface area (Å²) in [7, 11) is 1.69. The molecule has 0 bridgehead atoms. The van der Waals surface area contributed by atoms with Gasteiger partial charge in [-0.05, 0) is 43.0 Å². The normalized spacial score (nSPS) is 12.6. The van der Waals surface area contributed by atoms with Crippen molar-refractivity contribution in [1.29, 1.82) is 0 Å². The molecule has 0 heterocycles. The molecule has 0 aliphatic carbocycles. The van der Waals surface area contributed by atoms with Crippen LogP contribution in [0.3, 0.4) is 0 Å². The third-order valence-electron chi connectivity index (χ3n) is 3.02. The van der Waals surface area contributed by atoms with E-state index in [2.05, 4.69) is 31.3 Å². The molecule has 1 rings (SSSR count). The third kappa shape index (κ3) is 3.37. The topological polar surface area (TPSA) is 41.5 Å². The molecule has 2 N–H and O–H groups in total. The largest absolute Gasteiger partial charge is 0.496 e. The second kappa shape index (κ2) is 5.92. The summed E-state index contributed by atoms with van der Waals surface area (Å²) >= 11 is 0. The molecule has 1 aromatic rings. The lowest BCUT2D eigenvalue weighted by molar-refractivity contribution is 0.249. The van der Waals surface area contributed by atoms with Gasteiger partial charge in [0.25, 0.3) is 0 Å². The molecule has 0 saturated carbocycles. The zero-order valence-electron chi connectivity index (χ0n) is 11.4. The summed E-state index contributed by atoms with van der Waals surface area (Å²) in [6, 6.07) is 4.19. The molecule has 1 unspecified atom stereocenters. The van der Waals surface area contributed by atoms with Gasteiger partial charge in [-0.1, -0.05) is 13.8 Å². The lowest BCUT2D eigenvalue weighted by Crippen LogP contribution is -2.29. The highest BCUT2D eigenvalue weighted by Crippen LogP contribution is 2.27. The molecule has 96 valence electrons. The first-order chi connectivity index (χ1) is 7.99. The van der Waals surface area contributed by atoms with Crippen molar-refractivity contribution in [3.8, 4) is 5.75 Å². The molecule has 0 radical (unpaired) electrons. The van der Waals surface area contributed by atoms with Crippen LogP contribution in [-0.4, -0.2) is 24.9 Å². The summed E-state index contributed by atoms with van der Waals surface area (Å²) in [5.41, 5.74) is 3.25. The number of aliphatic hydroxyl groups is 1. The summed E-state index contributed by atoms with van der Waals surface area (Å²) in [5, 5.41) is 12.7. The van der Waals surface area contributed by atoms with Crippen LogP contribution < -0.4 is 10.1 Å². The first kappa shape index (κ1) is 13.8. The van der Waals surface area contributed by atoms with Crippen LogP contribution in [0.4, 0.5) is 5.69 Å². The zero-order valence-corrected chi connectivity index (χ0v) is 11.4. The Bertz CT molecular complexity index is 351. The highest BCUT2D eigenvalue weighted by atomic mass is 16.5. The van der Waals surface area contributed by atoms with Gasteiger partial charge < -0.3 is 15.2 Å². The van der Waals surface area contributed by atoms with E-state index in [0.717, 1.165) is 22.6 Å². The molecule has 3 nitrogen and oxygen atoms in total. The number of hydrogen-bond donors (Lipinski definition) is 2. The van der Waals surface area contributed by atoms with Gasteiger partial charge in [-0.15, -0.1) is 0 Å². The van der Waals surface area contributed by atoms with Gasteiger partial charge in [-0.25, -0.2) is 0 Å². The number of aryl methyl sites for hydroxylation is 2. The van der Waals surface area contributed by atoms with Crippen LogP contribution >= 0.6 is 0 Å². The van der Waals surface area contributed by atoms with Gasteiger partial charge in [0, 0.05) is 5.69 Å². The van der Waals surface area contributed by atoms with Crippen molar-refractivity contribution in [2.45, 2.75) is 33.7 Å². The van der Waals surface area contributed by atoms with E-state index < -0.39 is 0 Å². The Hall–Kier alpha value is -1.22. The van der Waals surface area contributed by atoms with Crippen LogP contribution in [0.5, 0.6) is 5.75 Å². The Morgan fingerprint density at radius 1 is 1.24 bits per heavy atom. The van der Waals surface area contributed by atoms with E-state index in [1.165, 1.54) is 0 Å². The fourth-order valence-electron chi connectivity index (χ4n) is 1.99.